The molecule has 0 saturated carbocycles. The predicted octanol–water partition coefficient (Wildman–Crippen LogP) is -0.167. The van der Waals surface area contributed by atoms with Gasteiger partial charge < -0.3 is 21.1 Å². The molecule has 1 aliphatic heterocycles. The van der Waals surface area contributed by atoms with E-state index in [1.54, 1.807) is 18.2 Å². The lowest BCUT2D eigenvalue weighted by Crippen LogP contribution is -2.50. The highest BCUT2D eigenvalue weighted by Crippen LogP contribution is 2.29. The van der Waals surface area contributed by atoms with Crippen LogP contribution in [0.1, 0.15) is 12.0 Å². The summed E-state index contributed by atoms with van der Waals surface area (Å²) in [6.07, 6.45) is -0.161. The Bertz CT molecular complexity index is 547. The molecule has 0 aliphatic carbocycles. The molecule has 2 atom stereocenters. The van der Waals surface area contributed by atoms with E-state index in [0.29, 0.717) is 5.56 Å². The number of carboxylic acid groups (broad SMARTS) is 2. The fraction of sp³-hybridized carbons (Fsp3) is 0.385. The monoisotopic (exact) mass is 280 g/mol. The molecule has 1 aromatic carbocycles. The van der Waals surface area contributed by atoms with Crippen LogP contribution in [0, 0.1) is 0 Å². The highest BCUT2D eigenvalue weighted by molar-refractivity contribution is 5.83. The third-order valence-corrected chi connectivity index (χ3v) is 3.56. The van der Waals surface area contributed by atoms with Crippen molar-refractivity contribution in [2.45, 2.75) is 24.5 Å². The lowest BCUT2D eigenvalue weighted by molar-refractivity contribution is -0.142. The second kappa shape index (κ2) is 5.10. The second-order valence-corrected chi connectivity index (χ2v) is 5.05. The largest absolute Gasteiger partial charge is 0.508 e. The average Bonchev–Trinajstić information content (AvgIpc) is 2.71. The van der Waals surface area contributed by atoms with Crippen molar-refractivity contribution < 1.29 is 24.9 Å². The summed E-state index contributed by atoms with van der Waals surface area (Å²) in [5.74, 6) is -2.29. The molecule has 108 valence electrons. The maximum atomic E-state index is 11.2. The van der Waals surface area contributed by atoms with Crippen LogP contribution in [0.5, 0.6) is 5.75 Å². The Morgan fingerprint density at radius 3 is 2.55 bits per heavy atom. The number of carboxylic acids is 2. The molecule has 20 heavy (non-hydrogen) atoms. The number of carbonyl (C=O) groups is 2. The van der Waals surface area contributed by atoms with Crippen molar-refractivity contribution in [2.24, 2.45) is 5.73 Å². The van der Waals surface area contributed by atoms with E-state index in [4.69, 9.17) is 10.8 Å². The maximum absolute atomic E-state index is 11.2. The maximum Gasteiger partial charge on any atom is 0.325 e. The van der Waals surface area contributed by atoms with E-state index in [-0.39, 0.29) is 25.3 Å². The van der Waals surface area contributed by atoms with Gasteiger partial charge in [-0.2, -0.15) is 0 Å². The number of phenols is 1. The van der Waals surface area contributed by atoms with Crippen molar-refractivity contribution in [1.29, 1.82) is 0 Å². The molecule has 1 aliphatic rings. The van der Waals surface area contributed by atoms with Gasteiger partial charge in [-0.15, -0.1) is 0 Å². The first kappa shape index (κ1) is 14.3. The standard InChI is InChI=1S/C13H16N2O5/c14-13(12(19)20)5-9(11(17)18)15(7-13)6-8-3-1-2-4-10(8)16/h1-4,9,16H,5-7,14H2,(H,17,18)(H,19,20)/t9-,13-/m1/s1. The Morgan fingerprint density at radius 2 is 2.00 bits per heavy atom. The minimum Gasteiger partial charge on any atom is -0.508 e. The van der Waals surface area contributed by atoms with Gasteiger partial charge >= 0.3 is 11.9 Å². The quantitative estimate of drug-likeness (QED) is 0.603. The summed E-state index contributed by atoms with van der Waals surface area (Å²) in [4.78, 5) is 23.9. The van der Waals surface area contributed by atoms with Crippen LogP contribution in [-0.4, -0.2) is 50.3 Å². The van der Waals surface area contributed by atoms with Gasteiger partial charge in [0, 0.05) is 25.1 Å². The minimum absolute atomic E-state index is 0.0430. The molecule has 5 N–H and O–H groups in total. The van der Waals surface area contributed by atoms with Crippen LogP contribution in [0.25, 0.3) is 0 Å². The zero-order valence-electron chi connectivity index (χ0n) is 10.7. The van der Waals surface area contributed by atoms with Crippen LogP contribution < -0.4 is 5.73 Å². The fourth-order valence-corrected chi connectivity index (χ4v) is 2.44. The highest BCUT2D eigenvalue weighted by Gasteiger charge is 2.49. The van der Waals surface area contributed by atoms with Gasteiger partial charge in [0.1, 0.15) is 17.3 Å². The van der Waals surface area contributed by atoms with E-state index < -0.39 is 23.5 Å². The number of likely N-dealkylation sites (tertiary alicyclic amines) is 1. The number of hydrogen-bond acceptors (Lipinski definition) is 5. The van der Waals surface area contributed by atoms with Crippen molar-refractivity contribution >= 4 is 11.9 Å². The zero-order chi connectivity index (χ0) is 14.9. The fourth-order valence-electron chi connectivity index (χ4n) is 2.44. The molecule has 1 heterocycles. The molecule has 2 rings (SSSR count). The molecule has 1 saturated heterocycles. The van der Waals surface area contributed by atoms with E-state index in [2.05, 4.69) is 0 Å². The molecule has 0 radical (unpaired) electrons. The van der Waals surface area contributed by atoms with Gasteiger partial charge in [0.05, 0.1) is 0 Å². The van der Waals surface area contributed by atoms with Crippen LogP contribution in [-0.2, 0) is 16.1 Å². The van der Waals surface area contributed by atoms with Gasteiger partial charge in [0.25, 0.3) is 0 Å². The van der Waals surface area contributed by atoms with E-state index in [1.165, 1.54) is 11.0 Å². The molecule has 1 fully saturated rings. The third-order valence-electron chi connectivity index (χ3n) is 3.56. The number of nitrogens with zero attached hydrogens (tertiary/aromatic N) is 1. The Balaban J connectivity index is 2.23. The molecule has 0 aromatic heterocycles. The third kappa shape index (κ3) is 2.59. The summed E-state index contributed by atoms with van der Waals surface area (Å²) in [5, 5.41) is 28.0. The summed E-state index contributed by atoms with van der Waals surface area (Å²) in [7, 11) is 0. The van der Waals surface area contributed by atoms with E-state index in [9.17, 15) is 19.8 Å². The normalized spacial score (nSPS) is 26.6. The van der Waals surface area contributed by atoms with Gasteiger partial charge in [-0.05, 0) is 6.07 Å². The number of aliphatic carboxylic acids is 2. The smallest absolute Gasteiger partial charge is 0.325 e. The summed E-state index contributed by atoms with van der Waals surface area (Å²) < 4.78 is 0. The molecule has 7 nitrogen and oxygen atoms in total. The molecular weight excluding hydrogens is 264 g/mol. The van der Waals surface area contributed by atoms with Crippen LogP contribution in [0.3, 0.4) is 0 Å². The summed E-state index contributed by atoms with van der Waals surface area (Å²) in [5.41, 5.74) is 4.70. The van der Waals surface area contributed by atoms with Crippen molar-refractivity contribution in [2.75, 3.05) is 6.54 Å². The lowest BCUT2D eigenvalue weighted by atomic mass is 9.98. The molecular formula is C13H16N2O5. The summed E-state index contributed by atoms with van der Waals surface area (Å²) in [6.45, 7) is 0.0590. The van der Waals surface area contributed by atoms with Crippen LogP contribution in [0.2, 0.25) is 0 Å². The number of hydrogen-bond donors (Lipinski definition) is 4. The van der Waals surface area contributed by atoms with Crippen molar-refractivity contribution in [3.63, 3.8) is 0 Å². The highest BCUT2D eigenvalue weighted by atomic mass is 16.4. The van der Waals surface area contributed by atoms with E-state index in [0.717, 1.165) is 0 Å². The predicted molar refractivity (Wildman–Crippen MR) is 69.1 cm³/mol. The number of phenolic OH excluding ortho intramolecular Hbond substituents is 1. The SMILES string of the molecule is N[C@]1(C(=O)O)C[C@H](C(=O)O)N(Cc2ccccc2O)C1. The van der Waals surface area contributed by atoms with Gasteiger partial charge in [0.2, 0.25) is 0 Å². The Hall–Kier alpha value is -2.12. The van der Waals surface area contributed by atoms with Crippen molar-refractivity contribution in [1.82, 2.24) is 4.90 Å². The summed E-state index contributed by atoms with van der Waals surface area (Å²) >= 11 is 0. The lowest BCUT2D eigenvalue weighted by Gasteiger charge is -2.22. The zero-order valence-corrected chi connectivity index (χ0v) is 10.7. The van der Waals surface area contributed by atoms with Gasteiger partial charge in [0.15, 0.2) is 0 Å². The van der Waals surface area contributed by atoms with Crippen molar-refractivity contribution in [3.8, 4) is 5.75 Å². The molecule has 0 bridgehead atoms. The van der Waals surface area contributed by atoms with Crippen LogP contribution in [0.4, 0.5) is 0 Å². The molecule has 0 unspecified atom stereocenters. The molecule has 0 amide bonds. The average molecular weight is 280 g/mol. The van der Waals surface area contributed by atoms with E-state index >= 15 is 0 Å². The Morgan fingerprint density at radius 1 is 1.35 bits per heavy atom. The Kier molecular flexibility index (Phi) is 3.65. The number of para-hydroxylation sites is 1. The number of aromatic hydroxyl groups is 1. The van der Waals surface area contributed by atoms with Gasteiger partial charge in [-0.1, -0.05) is 18.2 Å². The minimum atomic E-state index is -1.58. The van der Waals surface area contributed by atoms with Crippen molar-refractivity contribution in [3.05, 3.63) is 29.8 Å². The number of nitrogens with two attached hydrogens (primary N) is 1. The molecule has 7 heteroatoms. The first-order chi connectivity index (χ1) is 9.33. The molecule has 1 aromatic rings. The topological polar surface area (TPSA) is 124 Å². The van der Waals surface area contributed by atoms with Gasteiger partial charge in [-0.3, -0.25) is 14.5 Å². The number of rotatable bonds is 4. The number of benzene rings is 1. The first-order valence-corrected chi connectivity index (χ1v) is 6.09. The summed E-state index contributed by atoms with van der Waals surface area (Å²) in [6, 6.07) is 5.55. The Labute approximate surface area is 115 Å². The first-order valence-electron chi connectivity index (χ1n) is 6.09. The second-order valence-electron chi connectivity index (χ2n) is 5.05. The van der Waals surface area contributed by atoms with Gasteiger partial charge in [-0.25, -0.2) is 0 Å². The molecule has 0 spiro atoms. The van der Waals surface area contributed by atoms with Crippen LogP contribution >= 0.6 is 0 Å². The van der Waals surface area contributed by atoms with Crippen LogP contribution in [0.15, 0.2) is 24.3 Å². The van der Waals surface area contributed by atoms with E-state index in [1.807, 2.05) is 0 Å².